The smallest absolute Gasteiger partial charge is 0.198 e. The fourth-order valence-corrected chi connectivity index (χ4v) is 3.36. The van der Waals surface area contributed by atoms with Crippen molar-refractivity contribution in [3.05, 3.63) is 24.0 Å². The summed E-state index contributed by atoms with van der Waals surface area (Å²) in [5, 5.41) is 3.27. The minimum atomic E-state index is 0.510. The zero-order valence-corrected chi connectivity index (χ0v) is 14.3. The second kappa shape index (κ2) is 7.26. The molecule has 2 heterocycles. The quantitative estimate of drug-likeness (QED) is 0.508. The molecule has 1 saturated heterocycles. The zero-order chi connectivity index (χ0) is 16.2. The van der Waals surface area contributed by atoms with Gasteiger partial charge in [0.25, 0.3) is 0 Å². The van der Waals surface area contributed by atoms with Crippen molar-refractivity contribution < 1.29 is 4.79 Å². The molecule has 0 saturated carbocycles. The van der Waals surface area contributed by atoms with Crippen LogP contribution in [0.5, 0.6) is 0 Å². The number of hydrogen-bond donors (Lipinski definition) is 1. The van der Waals surface area contributed by atoms with Crippen LogP contribution in [-0.2, 0) is 4.79 Å². The van der Waals surface area contributed by atoms with Gasteiger partial charge in [-0.1, -0.05) is 6.07 Å². The second-order valence-corrected chi connectivity index (χ2v) is 6.46. The van der Waals surface area contributed by atoms with E-state index in [1.807, 2.05) is 10.8 Å². The lowest BCUT2D eigenvalue weighted by Gasteiger charge is -2.34. The molecule has 2 aliphatic heterocycles. The Labute approximate surface area is 142 Å². The molecule has 23 heavy (non-hydrogen) atoms. The summed E-state index contributed by atoms with van der Waals surface area (Å²) >= 11 is 5.77. The number of nitrogens with zero attached hydrogens (tertiary/aromatic N) is 3. The van der Waals surface area contributed by atoms with Gasteiger partial charge in [0.15, 0.2) is 11.8 Å². The van der Waals surface area contributed by atoms with Crippen molar-refractivity contribution in [2.75, 3.05) is 60.8 Å². The molecule has 0 amide bonds. The molecule has 1 N–H and O–H groups in total. The maximum absolute atomic E-state index is 11.3. The molecule has 0 aliphatic carbocycles. The average Bonchev–Trinajstić information content (AvgIpc) is 2.94. The van der Waals surface area contributed by atoms with Gasteiger partial charge in [-0.15, -0.1) is 11.6 Å². The first-order valence-electron chi connectivity index (χ1n) is 8.16. The van der Waals surface area contributed by atoms with Crippen LogP contribution < -0.4 is 15.1 Å². The molecule has 3 rings (SSSR count). The molecule has 0 spiro atoms. The summed E-state index contributed by atoms with van der Waals surface area (Å²) in [6.07, 6.45) is 1.90. The molecule has 1 aromatic rings. The molecule has 0 atom stereocenters. The van der Waals surface area contributed by atoms with Crippen molar-refractivity contribution in [3.8, 4) is 0 Å². The molecular formula is C17H23ClN4O. The Morgan fingerprint density at radius 3 is 2.61 bits per heavy atom. The Balaban J connectivity index is 1.85. The number of benzene rings is 1. The summed E-state index contributed by atoms with van der Waals surface area (Å²) in [6.45, 7) is 4.89. The van der Waals surface area contributed by atoms with Gasteiger partial charge in [-0.2, -0.15) is 0 Å². The molecule has 0 unspecified atom stereocenters. The van der Waals surface area contributed by atoms with Gasteiger partial charge in [0, 0.05) is 38.6 Å². The van der Waals surface area contributed by atoms with Crippen molar-refractivity contribution in [1.29, 1.82) is 0 Å². The lowest BCUT2D eigenvalue weighted by molar-refractivity contribution is 0.313. The van der Waals surface area contributed by atoms with Crippen molar-refractivity contribution in [1.82, 2.24) is 4.90 Å². The first kappa shape index (κ1) is 16.2. The van der Waals surface area contributed by atoms with E-state index in [1.54, 1.807) is 0 Å². The predicted octanol–water partition coefficient (Wildman–Crippen LogP) is 2.36. The van der Waals surface area contributed by atoms with Gasteiger partial charge in [0.2, 0.25) is 0 Å². The standard InChI is InChI=1S/C17H23ClN4O/c1-20-9-11-21(12-10-20)14-5-4-6-15-17(14)19-16(13-23)22(15)8-3-2-7-18/h4-6,19H,2-3,7-12H2,1H3. The summed E-state index contributed by atoms with van der Waals surface area (Å²) in [4.78, 5) is 18.1. The van der Waals surface area contributed by atoms with Crippen LogP contribution in [0.25, 0.3) is 0 Å². The fraction of sp³-hybridized carbons (Fsp3) is 0.529. The van der Waals surface area contributed by atoms with Crippen LogP contribution >= 0.6 is 11.6 Å². The van der Waals surface area contributed by atoms with E-state index in [0.29, 0.717) is 11.7 Å². The lowest BCUT2D eigenvalue weighted by atomic mass is 10.2. The van der Waals surface area contributed by atoms with E-state index in [9.17, 15) is 4.79 Å². The van der Waals surface area contributed by atoms with E-state index in [0.717, 1.165) is 56.9 Å². The third-order valence-electron chi connectivity index (χ3n) is 4.53. The van der Waals surface area contributed by atoms with Crippen LogP contribution in [0.15, 0.2) is 24.0 Å². The van der Waals surface area contributed by atoms with Crippen molar-refractivity contribution in [2.24, 2.45) is 0 Å². The third-order valence-corrected chi connectivity index (χ3v) is 4.80. The number of para-hydroxylation sites is 1. The number of alkyl halides is 1. The van der Waals surface area contributed by atoms with Crippen LogP contribution in [-0.4, -0.2) is 56.5 Å². The van der Waals surface area contributed by atoms with Gasteiger partial charge >= 0.3 is 0 Å². The number of carbonyl (C=O) groups excluding carboxylic acids is 1. The molecular weight excluding hydrogens is 312 g/mol. The number of piperazine rings is 1. The van der Waals surface area contributed by atoms with E-state index in [-0.39, 0.29) is 0 Å². The van der Waals surface area contributed by atoms with E-state index >= 15 is 0 Å². The van der Waals surface area contributed by atoms with Gasteiger partial charge < -0.3 is 20.0 Å². The van der Waals surface area contributed by atoms with Gasteiger partial charge in [-0.25, -0.2) is 4.79 Å². The lowest BCUT2D eigenvalue weighted by Crippen LogP contribution is -2.44. The summed E-state index contributed by atoms with van der Waals surface area (Å²) in [6, 6.07) is 6.26. The molecule has 124 valence electrons. The molecule has 1 aromatic carbocycles. The third kappa shape index (κ3) is 3.32. The van der Waals surface area contributed by atoms with E-state index in [2.05, 4.69) is 40.4 Å². The number of likely N-dealkylation sites (N-methyl/N-ethyl adjacent to an activating group) is 1. The summed E-state index contributed by atoms with van der Waals surface area (Å²) in [5.41, 5.74) is 3.26. The first-order valence-corrected chi connectivity index (χ1v) is 8.70. The van der Waals surface area contributed by atoms with Crippen LogP contribution in [0, 0.1) is 0 Å². The highest BCUT2D eigenvalue weighted by atomic mass is 35.5. The highest BCUT2D eigenvalue weighted by Crippen LogP contribution is 2.42. The van der Waals surface area contributed by atoms with Gasteiger partial charge in [0.1, 0.15) is 0 Å². The summed E-state index contributed by atoms with van der Waals surface area (Å²) in [7, 11) is 2.15. The molecule has 0 radical (unpaired) electrons. The van der Waals surface area contributed by atoms with E-state index in [4.69, 9.17) is 11.6 Å². The Morgan fingerprint density at radius 2 is 1.91 bits per heavy atom. The van der Waals surface area contributed by atoms with Crippen molar-refractivity contribution in [2.45, 2.75) is 12.8 Å². The van der Waals surface area contributed by atoms with Crippen molar-refractivity contribution >= 4 is 34.6 Å². The number of nitrogens with one attached hydrogen (secondary N) is 1. The molecule has 2 aliphatic rings. The maximum Gasteiger partial charge on any atom is 0.198 e. The summed E-state index contributed by atoms with van der Waals surface area (Å²) in [5.74, 6) is 3.21. The molecule has 5 nitrogen and oxygen atoms in total. The van der Waals surface area contributed by atoms with Crippen LogP contribution in [0.2, 0.25) is 0 Å². The summed E-state index contributed by atoms with van der Waals surface area (Å²) < 4.78 is 0. The van der Waals surface area contributed by atoms with E-state index < -0.39 is 0 Å². The largest absolute Gasteiger partial charge is 0.367 e. The Bertz CT molecular complexity index is 607. The Hall–Kier alpha value is -1.68. The van der Waals surface area contributed by atoms with Gasteiger partial charge in [-0.05, 0) is 32.0 Å². The molecule has 0 aromatic heterocycles. The number of anilines is 3. The highest BCUT2D eigenvalue weighted by molar-refractivity contribution is 6.17. The van der Waals surface area contributed by atoms with Crippen LogP contribution in [0.3, 0.4) is 0 Å². The molecule has 6 heteroatoms. The van der Waals surface area contributed by atoms with E-state index in [1.165, 1.54) is 5.69 Å². The normalized spacial score (nSPS) is 17.9. The monoisotopic (exact) mass is 334 g/mol. The fourth-order valence-electron chi connectivity index (χ4n) is 3.18. The van der Waals surface area contributed by atoms with Crippen molar-refractivity contribution in [3.63, 3.8) is 0 Å². The Morgan fingerprint density at radius 1 is 1.17 bits per heavy atom. The minimum Gasteiger partial charge on any atom is -0.367 e. The number of halogens is 1. The van der Waals surface area contributed by atoms with Gasteiger partial charge in [0.05, 0.1) is 17.1 Å². The number of fused-ring (bicyclic) bond motifs is 1. The predicted molar refractivity (Wildman–Crippen MR) is 96.3 cm³/mol. The minimum absolute atomic E-state index is 0.510. The topological polar surface area (TPSA) is 38.8 Å². The van der Waals surface area contributed by atoms with Crippen LogP contribution in [0.4, 0.5) is 17.1 Å². The first-order chi connectivity index (χ1) is 11.2. The number of hydrogen-bond acceptors (Lipinski definition) is 5. The molecule has 1 fully saturated rings. The van der Waals surface area contributed by atoms with Crippen LogP contribution in [0.1, 0.15) is 12.8 Å². The zero-order valence-electron chi connectivity index (χ0n) is 13.5. The average molecular weight is 335 g/mol. The highest BCUT2D eigenvalue weighted by Gasteiger charge is 2.29. The van der Waals surface area contributed by atoms with Gasteiger partial charge in [-0.3, -0.25) is 0 Å². The maximum atomic E-state index is 11.3. The molecule has 0 bridgehead atoms. The second-order valence-electron chi connectivity index (χ2n) is 6.08. The number of unbranched alkanes of at least 4 members (excludes halogenated alkanes) is 1. The Kier molecular flexibility index (Phi) is 5.11. The number of rotatable bonds is 5. The SMILES string of the molecule is CN1CCN(c2cccc3c2NC(=C=O)N3CCCCCl)CC1.